The van der Waals surface area contributed by atoms with Gasteiger partial charge >= 0.3 is 6.03 Å². The lowest BCUT2D eigenvalue weighted by molar-refractivity contribution is 0.262. The van der Waals surface area contributed by atoms with Crippen LogP contribution >= 0.6 is 0 Å². The molecule has 0 spiro atoms. The number of para-hydroxylation sites is 1. The number of urea groups is 1. The molecule has 3 aromatic carbocycles. The van der Waals surface area contributed by atoms with Crippen molar-refractivity contribution >= 4 is 28.5 Å². The van der Waals surface area contributed by atoms with Crippen LogP contribution in [0.4, 0.5) is 16.2 Å². The Bertz CT molecular complexity index is 1070. The van der Waals surface area contributed by atoms with E-state index in [1.165, 1.54) is 0 Å². The molecule has 0 fully saturated rings. The highest BCUT2D eigenvalue weighted by molar-refractivity contribution is 6.00. The van der Waals surface area contributed by atoms with Gasteiger partial charge in [-0.2, -0.15) is 0 Å². The number of carbonyl (C=O) groups is 1. The van der Waals surface area contributed by atoms with E-state index in [9.17, 15) is 4.79 Å². The molecule has 0 radical (unpaired) electrons. The van der Waals surface area contributed by atoms with E-state index in [1.807, 2.05) is 67.6 Å². The van der Waals surface area contributed by atoms with E-state index in [2.05, 4.69) is 15.6 Å². The molecule has 2 N–H and O–H groups in total. The van der Waals surface area contributed by atoms with Crippen molar-refractivity contribution in [3.8, 4) is 11.5 Å². The Kier molecular flexibility index (Phi) is 4.11. The van der Waals surface area contributed by atoms with Gasteiger partial charge in [-0.1, -0.05) is 35.9 Å². The molecule has 128 valence electrons. The molecule has 5 heteroatoms. The van der Waals surface area contributed by atoms with Crippen LogP contribution in [-0.4, -0.2) is 11.0 Å². The van der Waals surface area contributed by atoms with Gasteiger partial charge < -0.3 is 15.1 Å². The summed E-state index contributed by atoms with van der Waals surface area (Å²) in [7, 11) is 0. The summed E-state index contributed by atoms with van der Waals surface area (Å²) in [5.41, 5.74) is 4.81. The second-order valence-corrected chi connectivity index (χ2v) is 6.02. The van der Waals surface area contributed by atoms with Gasteiger partial charge in [0.15, 0.2) is 5.58 Å². The number of rotatable bonds is 3. The Hall–Kier alpha value is -3.60. The van der Waals surface area contributed by atoms with Crippen molar-refractivity contribution in [1.82, 2.24) is 4.98 Å². The predicted molar refractivity (Wildman–Crippen MR) is 103 cm³/mol. The van der Waals surface area contributed by atoms with Crippen molar-refractivity contribution in [3.63, 3.8) is 0 Å². The number of benzene rings is 3. The van der Waals surface area contributed by atoms with Gasteiger partial charge in [-0.3, -0.25) is 0 Å². The molecule has 0 saturated carbocycles. The summed E-state index contributed by atoms with van der Waals surface area (Å²) in [6.07, 6.45) is 0. The van der Waals surface area contributed by atoms with Crippen molar-refractivity contribution in [3.05, 3.63) is 78.4 Å². The number of hydrogen-bond acceptors (Lipinski definition) is 3. The molecule has 0 aliphatic rings. The maximum atomic E-state index is 12.1. The molecule has 0 aliphatic heterocycles. The topological polar surface area (TPSA) is 67.2 Å². The van der Waals surface area contributed by atoms with Crippen LogP contribution in [0.15, 0.2) is 77.2 Å². The lowest BCUT2D eigenvalue weighted by Gasteiger charge is -2.07. The standard InChI is InChI=1S/C21H17N3O2/c1-14-6-5-7-15(12-14)20-24-18-11-10-17(13-19(18)26-20)23-21(25)22-16-8-3-2-4-9-16/h2-13H,1H3,(H2,22,23,25). The summed E-state index contributed by atoms with van der Waals surface area (Å²) in [5.74, 6) is 0.564. The normalized spacial score (nSPS) is 10.7. The van der Waals surface area contributed by atoms with Crippen molar-refractivity contribution < 1.29 is 9.21 Å². The molecule has 4 rings (SSSR count). The van der Waals surface area contributed by atoms with E-state index in [0.717, 1.165) is 22.3 Å². The zero-order valence-corrected chi connectivity index (χ0v) is 14.2. The molecule has 4 aromatic rings. The smallest absolute Gasteiger partial charge is 0.323 e. The first-order valence-corrected chi connectivity index (χ1v) is 8.28. The van der Waals surface area contributed by atoms with Crippen LogP contribution in [-0.2, 0) is 0 Å². The second-order valence-electron chi connectivity index (χ2n) is 6.02. The molecule has 0 saturated heterocycles. The summed E-state index contributed by atoms with van der Waals surface area (Å²) < 4.78 is 5.87. The fourth-order valence-electron chi connectivity index (χ4n) is 2.72. The van der Waals surface area contributed by atoms with Gasteiger partial charge in [0.2, 0.25) is 5.89 Å². The average Bonchev–Trinajstić information content (AvgIpc) is 3.06. The number of oxazole rings is 1. The number of nitrogens with one attached hydrogen (secondary N) is 2. The number of carbonyl (C=O) groups excluding carboxylic acids is 1. The Morgan fingerprint density at radius 3 is 2.50 bits per heavy atom. The summed E-state index contributed by atoms with van der Waals surface area (Å²) in [6, 6.07) is 22.4. The first-order valence-electron chi connectivity index (χ1n) is 8.28. The number of aromatic nitrogens is 1. The molecule has 26 heavy (non-hydrogen) atoms. The number of anilines is 2. The molecule has 1 heterocycles. The number of fused-ring (bicyclic) bond motifs is 1. The third-order valence-corrected chi connectivity index (χ3v) is 3.94. The fourth-order valence-corrected chi connectivity index (χ4v) is 2.72. The van der Waals surface area contributed by atoms with Gasteiger partial charge in [-0.05, 0) is 43.3 Å². The molecular weight excluding hydrogens is 326 g/mol. The quantitative estimate of drug-likeness (QED) is 0.520. The summed E-state index contributed by atoms with van der Waals surface area (Å²) >= 11 is 0. The van der Waals surface area contributed by atoms with Crippen LogP contribution < -0.4 is 10.6 Å². The van der Waals surface area contributed by atoms with Crippen LogP contribution in [0.1, 0.15) is 5.56 Å². The van der Waals surface area contributed by atoms with Crippen LogP contribution in [0.25, 0.3) is 22.6 Å². The SMILES string of the molecule is Cc1cccc(-c2nc3ccc(NC(=O)Nc4ccccc4)cc3o2)c1. The Morgan fingerprint density at radius 1 is 0.885 bits per heavy atom. The molecule has 0 bridgehead atoms. The van der Waals surface area contributed by atoms with Gasteiger partial charge in [-0.25, -0.2) is 9.78 Å². The molecule has 0 atom stereocenters. The Morgan fingerprint density at radius 2 is 1.69 bits per heavy atom. The third-order valence-electron chi connectivity index (χ3n) is 3.94. The summed E-state index contributed by atoms with van der Waals surface area (Å²) in [5, 5.41) is 5.58. The van der Waals surface area contributed by atoms with Crippen molar-refractivity contribution in [2.45, 2.75) is 6.92 Å². The van der Waals surface area contributed by atoms with Crippen LogP contribution in [0.5, 0.6) is 0 Å². The first-order chi connectivity index (χ1) is 12.7. The minimum atomic E-state index is -0.311. The third kappa shape index (κ3) is 3.42. The molecule has 0 unspecified atom stereocenters. The van der Waals surface area contributed by atoms with Crippen LogP contribution in [0.3, 0.4) is 0 Å². The lowest BCUT2D eigenvalue weighted by atomic mass is 10.1. The average molecular weight is 343 g/mol. The highest BCUT2D eigenvalue weighted by Crippen LogP contribution is 2.26. The van der Waals surface area contributed by atoms with Crippen molar-refractivity contribution in [2.75, 3.05) is 10.6 Å². The summed E-state index contributed by atoms with van der Waals surface area (Å²) in [4.78, 5) is 16.6. The Balaban J connectivity index is 1.55. The number of nitrogens with zero attached hydrogens (tertiary/aromatic N) is 1. The molecule has 2 amide bonds. The first kappa shape index (κ1) is 15.9. The maximum absolute atomic E-state index is 12.1. The second kappa shape index (κ2) is 6.72. The minimum Gasteiger partial charge on any atom is -0.436 e. The molecule has 1 aromatic heterocycles. The summed E-state index contributed by atoms with van der Waals surface area (Å²) in [6.45, 7) is 2.03. The Labute approximate surface area is 150 Å². The van der Waals surface area contributed by atoms with Gasteiger partial charge in [0.05, 0.1) is 0 Å². The molecule has 5 nitrogen and oxygen atoms in total. The highest BCUT2D eigenvalue weighted by Gasteiger charge is 2.10. The molecular formula is C21H17N3O2. The zero-order chi connectivity index (χ0) is 17.9. The van der Waals surface area contributed by atoms with Gasteiger partial charge in [0.1, 0.15) is 5.52 Å². The van der Waals surface area contributed by atoms with Gasteiger partial charge in [0.25, 0.3) is 0 Å². The fraction of sp³-hybridized carbons (Fsp3) is 0.0476. The zero-order valence-electron chi connectivity index (χ0n) is 14.2. The molecule has 0 aliphatic carbocycles. The lowest BCUT2D eigenvalue weighted by Crippen LogP contribution is -2.19. The number of hydrogen-bond donors (Lipinski definition) is 2. The van der Waals surface area contributed by atoms with Gasteiger partial charge in [-0.15, -0.1) is 0 Å². The predicted octanol–water partition coefficient (Wildman–Crippen LogP) is 5.45. The highest BCUT2D eigenvalue weighted by atomic mass is 16.3. The van der Waals surface area contributed by atoms with E-state index in [-0.39, 0.29) is 6.03 Å². The maximum Gasteiger partial charge on any atom is 0.323 e. The monoisotopic (exact) mass is 343 g/mol. The van der Waals surface area contributed by atoms with E-state index >= 15 is 0 Å². The number of aryl methyl sites for hydroxylation is 1. The van der Waals surface area contributed by atoms with Gasteiger partial charge in [0, 0.05) is 23.0 Å². The van der Waals surface area contributed by atoms with E-state index < -0.39 is 0 Å². The van der Waals surface area contributed by atoms with E-state index in [1.54, 1.807) is 12.1 Å². The van der Waals surface area contributed by atoms with E-state index in [4.69, 9.17) is 4.42 Å². The largest absolute Gasteiger partial charge is 0.436 e. The van der Waals surface area contributed by atoms with E-state index in [0.29, 0.717) is 17.2 Å². The van der Waals surface area contributed by atoms with Crippen LogP contribution in [0, 0.1) is 6.92 Å². The van der Waals surface area contributed by atoms with Crippen LogP contribution in [0.2, 0.25) is 0 Å². The van der Waals surface area contributed by atoms with Crippen molar-refractivity contribution in [2.24, 2.45) is 0 Å². The number of amides is 2. The van der Waals surface area contributed by atoms with Crippen molar-refractivity contribution in [1.29, 1.82) is 0 Å². The minimum absolute atomic E-state index is 0.311.